The molecule has 6 nitrogen and oxygen atoms in total. The van der Waals surface area contributed by atoms with E-state index >= 15 is 0 Å². The number of aromatic nitrogens is 1. The largest absolute Gasteiger partial charge is 0.481 e. The van der Waals surface area contributed by atoms with E-state index < -0.39 is 11.9 Å². The van der Waals surface area contributed by atoms with Crippen LogP contribution in [-0.4, -0.2) is 22.0 Å². The Morgan fingerprint density at radius 3 is 2.77 bits per heavy atom. The Hall–Kier alpha value is -2.63. The van der Waals surface area contributed by atoms with Gasteiger partial charge in [-0.25, -0.2) is 4.98 Å². The van der Waals surface area contributed by atoms with Crippen LogP contribution in [0.2, 0.25) is 0 Å². The maximum Gasteiger partial charge on any atom is 0.306 e. The van der Waals surface area contributed by atoms with Crippen LogP contribution in [0.15, 0.2) is 41.1 Å². The third-order valence-electron chi connectivity index (χ3n) is 3.96. The molecule has 1 saturated carbocycles. The number of amides is 1. The number of nitrogens with one attached hydrogen (secondary N) is 1. The molecule has 1 fully saturated rings. The molecule has 0 bridgehead atoms. The molecule has 0 spiro atoms. The van der Waals surface area contributed by atoms with Gasteiger partial charge in [0.2, 0.25) is 11.8 Å². The van der Waals surface area contributed by atoms with E-state index in [1.54, 1.807) is 18.3 Å². The molecule has 3 rings (SSSR count). The van der Waals surface area contributed by atoms with E-state index in [1.165, 1.54) is 6.26 Å². The van der Waals surface area contributed by atoms with Crippen molar-refractivity contribution in [1.29, 1.82) is 0 Å². The van der Waals surface area contributed by atoms with Crippen LogP contribution in [0.4, 0.5) is 5.69 Å². The molecule has 1 aromatic carbocycles. The summed E-state index contributed by atoms with van der Waals surface area (Å²) in [4.78, 5) is 27.3. The third-order valence-corrected chi connectivity index (χ3v) is 3.96. The van der Waals surface area contributed by atoms with Crippen LogP contribution in [0.1, 0.15) is 19.3 Å². The standard InChI is InChI=1S/C16H16N2O4/c19-14(10-4-5-12(8-10)16(20)21)18-13-3-1-2-11(9-13)15-17-6-7-22-15/h1-3,6-7,9-10,12H,4-5,8H2,(H,18,19)(H,20,21)/t10-,12+/m0/s1. The molecule has 6 heteroatoms. The molecule has 1 amide bonds. The number of anilines is 1. The van der Waals surface area contributed by atoms with Gasteiger partial charge >= 0.3 is 5.97 Å². The summed E-state index contributed by atoms with van der Waals surface area (Å²) in [5, 5.41) is 11.8. The smallest absolute Gasteiger partial charge is 0.306 e. The van der Waals surface area contributed by atoms with Crippen molar-refractivity contribution in [2.75, 3.05) is 5.32 Å². The summed E-state index contributed by atoms with van der Waals surface area (Å²) in [5.74, 6) is -1.11. The number of benzene rings is 1. The number of oxazole rings is 1. The SMILES string of the molecule is O=C(O)[C@@H]1CC[C@H](C(=O)Nc2cccc(-c3ncco3)c2)C1. The van der Waals surface area contributed by atoms with E-state index in [4.69, 9.17) is 9.52 Å². The van der Waals surface area contributed by atoms with Crippen molar-refractivity contribution in [2.24, 2.45) is 11.8 Å². The fraction of sp³-hybridized carbons (Fsp3) is 0.312. The molecule has 0 unspecified atom stereocenters. The van der Waals surface area contributed by atoms with Gasteiger partial charge in [-0.05, 0) is 37.5 Å². The fourth-order valence-electron chi connectivity index (χ4n) is 2.78. The first-order chi connectivity index (χ1) is 10.6. The molecular formula is C16H16N2O4. The quantitative estimate of drug-likeness (QED) is 0.905. The van der Waals surface area contributed by atoms with Crippen LogP contribution >= 0.6 is 0 Å². The van der Waals surface area contributed by atoms with E-state index in [2.05, 4.69) is 10.3 Å². The molecule has 1 aromatic heterocycles. The van der Waals surface area contributed by atoms with E-state index in [0.29, 0.717) is 30.8 Å². The number of nitrogens with zero attached hydrogens (tertiary/aromatic N) is 1. The summed E-state index contributed by atoms with van der Waals surface area (Å²) < 4.78 is 5.23. The highest BCUT2D eigenvalue weighted by Gasteiger charge is 2.33. The van der Waals surface area contributed by atoms with Gasteiger partial charge in [0.05, 0.1) is 12.1 Å². The second-order valence-corrected chi connectivity index (χ2v) is 5.45. The predicted molar refractivity (Wildman–Crippen MR) is 79.0 cm³/mol. The normalized spacial score (nSPS) is 20.7. The predicted octanol–water partition coefficient (Wildman–Crippen LogP) is 2.78. The average Bonchev–Trinajstić information content (AvgIpc) is 3.19. The topological polar surface area (TPSA) is 92.4 Å². The lowest BCUT2D eigenvalue weighted by Gasteiger charge is -2.11. The second-order valence-electron chi connectivity index (χ2n) is 5.45. The number of carbonyl (C=O) groups excluding carboxylic acids is 1. The van der Waals surface area contributed by atoms with Gasteiger partial charge in [-0.3, -0.25) is 9.59 Å². The highest BCUT2D eigenvalue weighted by Crippen LogP contribution is 2.32. The maximum absolute atomic E-state index is 12.2. The maximum atomic E-state index is 12.2. The molecule has 2 atom stereocenters. The lowest BCUT2D eigenvalue weighted by atomic mass is 10.0. The van der Waals surface area contributed by atoms with Crippen molar-refractivity contribution in [1.82, 2.24) is 4.98 Å². The van der Waals surface area contributed by atoms with Crippen molar-refractivity contribution >= 4 is 17.6 Å². The average molecular weight is 300 g/mol. The zero-order valence-electron chi connectivity index (χ0n) is 11.9. The lowest BCUT2D eigenvalue weighted by Crippen LogP contribution is -2.21. The summed E-state index contributed by atoms with van der Waals surface area (Å²) >= 11 is 0. The molecule has 2 aromatic rings. The molecular weight excluding hydrogens is 284 g/mol. The van der Waals surface area contributed by atoms with E-state index in [1.807, 2.05) is 12.1 Å². The van der Waals surface area contributed by atoms with Crippen LogP contribution in [0.5, 0.6) is 0 Å². The Bertz CT molecular complexity index is 681. The molecule has 1 aliphatic rings. The Labute approximate surface area is 127 Å². The Balaban J connectivity index is 1.67. The van der Waals surface area contributed by atoms with Gasteiger partial charge in [0.1, 0.15) is 6.26 Å². The first kappa shape index (κ1) is 14.3. The number of carboxylic acids is 1. The summed E-state index contributed by atoms with van der Waals surface area (Å²) in [6.45, 7) is 0. The molecule has 1 heterocycles. The minimum atomic E-state index is -0.818. The minimum Gasteiger partial charge on any atom is -0.481 e. The van der Waals surface area contributed by atoms with Crippen LogP contribution in [0.25, 0.3) is 11.5 Å². The third kappa shape index (κ3) is 3.00. The van der Waals surface area contributed by atoms with Crippen LogP contribution in [0, 0.1) is 11.8 Å². The number of hydrogen-bond donors (Lipinski definition) is 2. The van der Waals surface area contributed by atoms with Gasteiger partial charge in [-0.1, -0.05) is 6.07 Å². The van der Waals surface area contributed by atoms with E-state index in [-0.39, 0.29) is 11.8 Å². The first-order valence-corrected chi connectivity index (χ1v) is 7.17. The van der Waals surface area contributed by atoms with Gasteiger partial charge in [-0.2, -0.15) is 0 Å². The molecule has 114 valence electrons. The van der Waals surface area contributed by atoms with Crippen LogP contribution in [-0.2, 0) is 9.59 Å². The van der Waals surface area contributed by atoms with Crippen molar-refractivity contribution in [3.8, 4) is 11.5 Å². The number of aliphatic carboxylic acids is 1. The highest BCUT2D eigenvalue weighted by molar-refractivity contribution is 5.93. The van der Waals surface area contributed by atoms with Gasteiger partial charge in [0.15, 0.2) is 0 Å². The highest BCUT2D eigenvalue weighted by atomic mass is 16.4. The summed E-state index contributed by atoms with van der Waals surface area (Å²) in [6.07, 6.45) is 4.63. The van der Waals surface area contributed by atoms with Crippen molar-refractivity contribution in [2.45, 2.75) is 19.3 Å². The van der Waals surface area contributed by atoms with Crippen molar-refractivity contribution in [3.63, 3.8) is 0 Å². The van der Waals surface area contributed by atoms with E-state index in [0.717, 1.165) is 5.56 Å². The molecule has 22 heavy (non-hydrogen) atoms. The number of rotatable bonds is 4. The number of carboxylic acid groups (broad SMARTS) is 1. The fourth-order valence-corrected chi connectivity index (χ4v) is 2.78. The zero-order chi connectivity index (χ0) is 15.5. The Morgan fingerprint density at radius 1 is 1.27 bits per heavy atom. The first-order valence-electron chi connectivity index (χ1n) is 7.17. The molecule has 0 radical (unpaired) electrons. The van der Waals surface area contributed by atoms with Gasteiger partial charge in [0.25, 0.3) is 0 Å². The Kier molecular flexibility index (Phi) is 3.91. The molecule has 2 N–H and O–H groups in total. The molecule has 1 aliphatic carbocycles. The van der Waals surface area contributed by atoms with Gasteiger partial charge in [0, 0.05) is 17.2 Å². The minimum absolute atomic E-state index is 0.131. The van der Waals surface area contributed by atoms with Crippen LogP contribution < -0.4 is 5.32 Å². The van der Waals surface area contributed by atoms with Gasteiger partial charge < -0.3 is 14.8 Å². The summed E-state index contributed by atoms with van der Waals surface area (Å²) in [7, 11) is 0. The lowest BCUT2D eigenvalue weighted by molar-refractivity contribution is -0.141. The molecule has 0 aliphatic heterocycles. The monoisotopic (exact) mass is 300 g/mol. The van der Waals surface area contributed by atoms with Gasteiger partial charge in [-0.15, -0.1) is 0 Å². The summed E-state index contributed by atoms with van der Waals surface area (Å²) in [5.41, 5.74) is 1.43. The van der Waals surface area contributed by atoms with E-state index in [9.17, 15) is 9.59 Å². The van der Waals surface area contributed by atoms with Crippen LogP contribution in [0.3, 0.4) is 0 Å². The Morgan fingerprint density at radius 2 is 2.09 bits per heavy atom. The van der Waals surface area contributed by atoms with Crippen molar-refractivity contribution in [3.05, 3.63) is 36.7 Å². The zero-order valence-corrected chi connectivity index (χ0v) is 11.9. The second kappa shape index (κ2) is 6.01. The number of carbonyl (C=O) groups is 2. The molecule has 0 saturated heterocycles. The summed E-state index contributed by atoms with van der Waals surface area (Å²) in [6, 6.07) is 7.22. The number of hydrogen-bond acceptors (Lipinski definition) is 4. The van der Waals surface area contributed by atoms with Crippen molar-refractivity contribution < 1.29 is 19.1 Å².